The Labute approximate surface area is 146 Å². The van der Waals surface area contributed by atoms with Gasteiger partial charge in [-0.2, -0.15) is 13.2 Å². The maximum atomic E-state index is 12.7. The highest BCUT2D eigenvalue weighted by Gasteiger charge is 2.31. The largest absolute Gasteiger partial charge is 0.416 e. The molecule has 122 valence electrons. The molecule has 0 atom stereocenters. The van der Waals surface area contributed by atoms with Crippen LogP contribution in [0.25, 0.3) is 0 Å². The van der Waals surface area contributed by atoms with Gasteiger partial charge in [-0.1, -0.05) is 29.3 Å². The molecule has 0 aliphatic carbocycles. The molecular weight excluding hydrogens is 368 g/mol. The molecule has 0 bridgehead atoms. The summed E-state index contributed by atoms with van der Waals surface area (Å²) in [5.41, 5.74) is 0.765. The lowest BCUT2D eigenvalue weighted by molar-refractivity contribution is -0.137. The Morgan fingerprint density at radius 3 is 2.30 bits per heavy atom. The summed E-state index contributed by atoms with van der Waals surface area (Å²) in [4.78, 5) is 0. The van der Waals surface area contributed by atoms with Crippen LogP contribution in [0.5, 0.6) is 0 Å². The minimum atomic E-state index is -4.46. The Morgan fingerprint density at radius 1 is 1.00 bits per heavy atom. The van der Waals surface area contributed by atoms with Gasteiger partial charge in [0.05, 0.1) is 16.3 Å². The van der Waals surface area contributed by atoms with Crippen LogP contribution < -0.4 is 10.6 Å². The van der Waals surface area contributed by atoms with E-state index in [1.165, 1.54) is 0 Å². The molecule has 0 spiro atoms. The van der Waals surface area contributed by atoms with Gasteiger partial charge in [0.1, 0.15) is 0 Å². The third kappa shape index (κ3) is 4.73. The molecule has 2 aromatic rings. The normalized spacial score (nSPS) is 11.2. The maximum Gasteiger partial charge on any atom is 0.416 e. The van der Waals surface area contributed by atoms with Crippen molar-refractivity contribution in [2.45, 2.75) is 13.1 Å². The number of halogens is 5. The molecule has 0 radical (unpaired) electrons. The summed E-state index contributed by atoms with van der Waals surface area (Å²) in [6.07, 6.45) is -4.46. The van der Waals surface area contributed by atoms with Crippen molar-refractivity contribution in [1.29, 1.82) is 0 Å². The molecule has 0 amide bonds. The van der Waals surface area contributed by atoms with Crippen LogP contribution in [0, 0.1) is 6.92 Å². The lowest BCUT2D eigenvalue weighted by Gasteiger charge is -2.14. The summed E-state index contributed by atoms with van der Waals surface area (Å²) in [5, 5.41) is 6.27. The van der Waals surface area contributed by atoms with Gasteiger partial charge in [0.25, 0.3) is 0 Å². The van der Waals surface area contributed by atoms with E-state index in [2.05, 4.69) is 10.6 Å². The molecule has 0 aliphatic heterocycles. The Hall–Kier alpha value is -1.50. The van der Waals surface area contributed by atoms with Gasteiger partial charge in [0, 0.05) is 10.7 Å². The Bertz CT molecular complexity index is 748. The predicted octanol–water partition coefficient (Wildman–Crippen LogP) is 6.13. The smallest absolute Gasteiger partial charge is 0.332 e. The minimum Gasteiger partial charge on any atom is -0.332 e. The average molecular weight is 379 g/mol. The first kappa shape index (κ1) is 17.8. The van der Waals surface area contributed by atoms with Crippen molar-refractivity contribution < 1.29 is 13.2 Å². The first-order valence-electron chi connectivity index (χ1n) is 6.38. The zero-order valence-electron chi connectivity index (χ0n) is 11.8. The highest BCUT2D eigenvalue weighted by atomic mass is 35.5. The zero-order chi connectivity index (χ0) is 17.2. The lowest BCUT2D eigenvalue weighted by atomic mass is 10.2. The van der Waals surface area contributed by atoms with E-state index in [0.29, 0.717) is 10.7 Å². The van der Waals surface area contributed by atoms with Crippen LogP contribution in [0.4, 0.5) is 24.5 Å². The van der Waals surface area contributed by atoms with Gasteiger partial charge < -0.3 is 10.6 Å². The standard InChI is InChI=1S/C15H11Cl2F3N2S/c1-8-2-4-10(7-12(8)17)21-14(23)22-13-6-9(15(18,19)20)3-5-11(13)16/h2-7H,1H3,(H2,21,22,23). The molecule has 0 saturated heterocycles. The van der Waals surface area contributed by atoms with E-state index in [0.717, 1.165) is 23.8 Å². The fourth-order valence-corrected chi connectivity index (χ4v) is 2.33. The highest BCUT2D eigenvalue weighted by molar-refractivity contribution is 7.80. The first-order chi connectivity index (χ1) is 10.7. The van der Waals surface area contributed by atoms with Gasteiger partial charge >= 0.3 is 6.18 Å². The SMILES string of the molecule is Cc1ccc(NC(=S)Nc2cc(C(F)(F)F)ccc2Cl)cc1Cl. The lowest BCUT2D eigenvalue weighted by Crippen LogP contribution is -2.19. The predicted molar refractivity (Wildman–Crippen MR) is 92.5 cm³/mol. The van der Waals surface area contributed by atoms with E-state index in [1.54, 1.807) is 18.2 Å². The maximum absolute atomic E-state index is 12.7. The Balaban J connectivity index is 2.15. The monoisotopic (exact) mass is 378 g/mol. The van der Waals surface area contributed by atoms with Gasteiger partial charge in [0.2, 0.25) is 0 Å². The van der Waals surface area contributed by atoms with E-state index in [-0.39, 0.29) is 15.8 Å². The number of anilines is 2. The number of rotatable bonds is 2. The van der Waals surface area contributed by atoms with Crippen molar-refractivity contribution in [3.63, 3.8) is 0 Å². The second-order valence-electron chi connectivity index (χ2n) is 4.74. The summed E-state index contributed by atoms with van der Waals surface area (Å²) in [6.45, 7) is 1.85. The molecule has 2 N–H and O–H groups in total. The quantitative estimate of drug-likeness (QED) is 0.614. The fraction of sp³-hybridized carbons (Fsp3) is 0.133. The number of hydrogen-bond donors (Lipinski definition) is 2. The molecule has 2 aromatic carbocycles. The topological polar surface area (TPSA) is 24.1 Å². The average Bonchev–Trinajstić information content (AvgIpc) is 2.44. The molecule has 0 aromatic heterocycles. The van der Waals surface area contributed by atoms with Gasteiger partial charge in [-0.3, -0.25) is 0 Å². The van der Waals surface area contributed by atoms with E-state index in [1.807, 2.05) is 6.92 Å². The van der Waals surface area contributed by atoms with Crippen LogP contribution in [0.3, 0.4) is 0 Å². The van der Waals surface area contributed by atoms with Crippen molar-refractivity contribution in [2.75, 3.05) is 10.6 Å². The minimum absolute atomic E-state index is 0.0669. The molecule has 0 heterocycles. The van der Waals surface area contributed by atoms with E-state index in [9.17, 15) is 13.2 Å². The van der Waals surface area contributed by atoms with Gasteiger partial charge in [-0.25, -0.2) is 0 Å². The molecule has 2 nitrogen and oxygen atoms in total. The third-order valence-corrected chi connectivity index (χ3v) is 3.91. The van der Waals surface area contributed by atoms with Crippen molar-refractivity contribution in [2.24, 2.45) is 0 Å². The van der Waals surface area contributed by atoms with Crippen molar-refractivity contribution in [1.82, 2.24) is 0 Å². The summed E-state index contributed by atoms with van der Waals surface area (Å²) in [6, 6.07) is 8.19. The van der Waals surface area contributed by atoms with Crippen LogP contribution in [-0.4, -0.2) is 5.11 Å². The fourth-order valence-electron chi connectivity index (χ4n) is 1.75. The van der Waals surface area contributed by atoms with Crippen molar-refractivity contribution in [3.8, 4) is 0 Å². The molecule has 2 rings (SSSR count). The summed E-state index contributed by atoms with van der Waals surface area (Å²) in [7, 11) is 0. The molecule has 0 fully saturated rings. The highest BCUT2D eigenvalue weighted by Crippen LogP contribution is 2.33. The van der Waals surface area contributed by atoms with Crippen LogP contribution in [0.15, 0.2) is 36.4 Å². The first-order valence-corrected chi connectivity index (χ1v) is 7.54. The van der Waals surface area contributed by atoms with E-state index in [4.69, 9.17) is 35.4 Å². The molecule has 0 saturated carbocycles. The van der Waals surface area contributed by atoms with E-state index < -0.39 is 11.7 Å². The molecular formula is C15H11Cl2F3N2S. The zero-order valence-corrected chi connectivity index (χ0v) is 14.1. The Morgan fingerprint density at radius 2 is 1.70 bits per heavy atom. The second-order valence-corrected chi connectivity index (χ2v) is 5.96. The van der Waals surface area contributed by atoms with Crippen LogP contribution in [0.1, 0.15) is 11.1 Å². The van der Waals surface area contributed by atoms with Gasteiger partial charge in [-0.15, -0.1) is 0 Å². The molecule has 0 aliphatic rings. The molecule has 0 unspecified atom stereocenters. The summed E-state index contributed by atoms with van der Waals surface area (Å²) >= 11 is 17.0. The number of aryl methyl sites for hydroxylation is 1. The van der Waals surface area contributed by atoms with Crippen LogP contribution >= 0.6 is 35.4 Å². The third-order valence-electron chi connectivity index (χ3n) is 2.97. The Kier molecular flexibility index (Phi) is 5.39. The number of thiocarbonyl (C=S) groups is 1. The summed E-state index contributed by atoms with van der Waals surface area (Å²) < 4.78 is 38.2. The molecule has 8 heteroatoms. The van der Waals surface area contributed by atoms with Crippen LogP contribution in [-0.2, 0) is 6.18 Å². The number of alkyl halides is 3. The number of nitrogens with one attached hydrogen (secondary N) is 2. The molecule has 23 heavy (non-hydrogen) atoms. The van der Waals surface area contributed by atoms with Crippen LogP contribution in [0.2, 0.25) is 10.0 Å². The van der Waals surface area contributed by atoms with Gasteiger partial charge in [-0.05, 0) is 55.0 Å². The number of benzene rings is 2. The van der Waals surface area contributed by atoms with Crippen molar-refractivity contribution in [3.05, 3.63) is 57.6 Å². The second kappa shape index (κ2) is 6.95. The summed E-state index contributed by atoms with van der Waals surface area (Å²) in [5.74, 6) is 0. The van der Waals surface area contributed by atoms with Gasteiger partial charge in [0.15, 0.2) is 5.11 Å². The number of hydrogen-bond acceptors (Lipinski definition) is 1. The van der Waals surface area contributed by atoms with E-state index >= 15 is 0 Å². The van der Waals surface area contributed by atoms with Crippen molar-refractivity contribution >= 4 is 51.9 Å².